The molecule has 4 nitrogen and oxygen atoms in total. The van der Waals surface area contributed by atoms with E-state index in [-0.39, 0.29) is 33.6 Å². The topological polar surface area (TPSA) is 66.8 Å². The number of phenols is 2. The fourth-order valence-corrected chi connectivity index (χ4v) is 2.86. The summed E-state index contributed by atoms with van der Waals surface area (Å²) in [7, 11) is 1.31. The number of methoxy groups -OCH3 is 1. The van der Waals surface area contributed by atoms with Crippen LogP contribution in [0.4, 0.5) is 0 Å². The first-order valence-corrected chi connectivity index (χ1v) is 8.21. The molecule has 0 atom stereocenters. The highest BCUT2D eigenvalue weighted by Crippen LogP contribution is 2.48. The standard InChI is InChI=1S/C16H22Cl2O4/c1-3-4-5-6-7-8-9-10(19)11-14(20)12(17)16(22-2)13(18)15(11)21/h20-21H,3-9H2,1-2H3. The Bertz CT molecular complexity index is 500. The molecule has 1 aromatic carbocycles. The summed E-state index contributed by atoms with van der Waals surface area (Å²) in [4.78, 5) is 12.2. The van der Waals surface area contributed by atoms with Gasteiger partial charge < -0.3 is 14.9 Å². The minimum absolute atomic E-state index is 0.0468. The average Bonchev–Trinajstić information content (AvgIpc) is 2.49. The van der Waals surface area contributed by atoms with Crippen molar-refractivity contribution < 1.29 is 19.7 Å². The molecule has 0 aliphatic heterocycles. The molecule has 0 saturated carbocycles. The molecule has 22 heavy (non-hydrogen) atoms. The van der Waals surface area contributed by atoms with Gasteiger partial charge in [0.2, 0.25) is 0 Å². The van der Waals surface area contributed by atoms with Gasteiger partial charge in [-0.15, -0.1) is 0 Å². The third-order valence-corrected chi connectivity index (χ3v) is 4.23. The Balaban J connectivity index is 2.78. The Morgan fingerprint density at radius 3 is 2.00 bits per heavy atom. The Morgan fingerprint density at radius 1 is 1.00 bits per heavy atom. The number of carbonyl (C=O) groups excluding carboxylic acids is 1. The van der Waals surface area contributed by atoms with Crippen LogP contribution in [0.25, 0.3) is 0 Å². The van der Waals surface area contributed by atoms with Crippen LogP contribution >= 0.6 is 23.2 Å². The molecule has 6 heteroatoms. The van der Waals surface area contributed by atoms with E-state index in [0.29, 0.717) is 6.42 Å². The lowest BCUT2D eigenvalue weighted by molar-refractivity contribution is 0.0973. The second-order valence-corrected chi connectivity index (χ2v) is 5.93. The number of unbranched alkanes of at least 4 members (excludes halogenated alkanes) is 5. The van der Waals surface area contributed by atoms with E-state index < -0.39 is 11.5 Å². The number of hydrogen-bond acceptors (Lipinski definition) is 4. The molecule has 1 rings (SSSR count). The fraction of sp³-hybridized carbons (Fsp3) is 0.562. The van der Waals surface area contributed by atoms with Crippen molar-refractivity contribution in [1.82, 2.24) is 0 Å². The van der Waals surface area contributed by atoms with E-state index >= 15 is 0 Å². The van der Waals surface area contributed by atoms with E-state index in [0.717, 1.165) is 19.3 Å². The molecule has 0 bridgehead atoms. The van der Waals surface area contributed by atoms with Crippen molar-refractivity contribution in [1.29, 1.82) is 0 Å². The van der Waals surface area contributed by atoms with Crippen molar-refractivity contribution in [2.75, 3.05) is 7.11 Å². The van der Waals surface area contributed by atoms with E-state index in [9.17, 15) is 15.0 Å². The fourth-order valence-electron chi connectivity index (χ4n) is 2.28. The smallest absolute Gasteiger partial charge is 0.170 e. The minimum atomic E-state index is -0.489. The molecule has 124 valence electrons. The molecule has 0 spiro atoms. The van der Waals surface area contributed by atoms with E-state index in [4.69, 9.17) is 27.9 Å². The predicted molar refractivity (Wildman–Crippen MR) is 88.7 cm³/mol. The zero-order valence-electron chi connectivity index (χ0n) is 12.9. The van der Waals surface area contributed by atoms with Crippen LogP contribution in [0.1, 0.15) is 62.2 Å². The maximum absolute atomic E-state index is 12.2. The monoisotopic (exact) mass is 348 g/mol. The van der Waals surface area contributed by atoms with E-state index in [1.807, 2.05) is 0 Å². The van der Waals surface area contributed by atoms with Crippen LogP contribution in [0.15, 0.2) is 0 Å². The van der Waals surface area contributed by atoms with Crippen molar-refractivity contribution >= 4 is 29.0 Å². The Labute approximate surface area is 141 Å². The van der Waals surface area contributed by atoms with Crippen LogP contribution in [0, 0.1) is 0 Å². The van der Waals surface area contributed by atoms with Gasteiger partial charge in [0, 0.05) is 6.42 Å². The number of aromatic hydroxyl groups is 2. The zero-order chi connectivity index (χ0) is 16.7. The maximum atomic E-state index is 12.2. The summed E-state index contributed by atoms with van der Waals surface area (Å²) in [5.41, 5.74) is -0.232. The summed E-state index contributed by atoms with van der Waals surface area (Å²) < 4.78 is 4.91. The number of Topliss-reactive ketones (excluding diaryl/α,β-unsaturated/α-hetero) is 1. The van der Waals surface area contributed by atoms with Crippen LogP contribution in [0.2, 0.25) is 10.0 Å². The van der Waals surface area contributed by atoms with Crippen LogP contribution in [-0.4, -0.2) is 23.1 Å². The van der Waals surface area contributed by atoms with Gasteiger partial charge in [-0.25, -0.2) is 0 Å². The molecular formula is C16H22Cl2O4. The van der Waals surface area contributed by atoms with Gasteiger partial charge >= 0.3 is 0 Å². The Kier molecular flexibility index (Phi) is 7.83. The number of phenolic OH excluding ortho intramolecular Hbond substituents is 2. The lowest BCUT2D eigenvalue weighted by atomic mass is 10.0. The largest absolute Gasteiger partial charge is 0.505 e. The highest BCUT2D eigenvalue weighted by molar-refractivity contribution is 6.40. The van der Waals surface area contributed by atoms with Crippen LogP contribution in [-0.2, 0) is 0 Å². The van der Waals surface area contributed by atoms with Crippen molar-refractivity contribution in [2.45, 2.75) is 51.9 Å². The summed E-state index contributed by atoms with van der Waals surface area (Å²) in [5, 5.41) is 19.7. The molecular weight excluding hydrogens is 327 g/mol. The molecule has 0 aliphatic rings. The van der Waals surface area contributed by atoms with Gasteiger partial charge in [-0.1, -0.05) is 62.2 Å². The molecule has 2 N–H and O–H groups in total. The Morgan fingerprint density at radius 2 is 1.50 bits per heavy atom. The minimum Gasteiger partial charge on any atom is -0.505 e. The maximum Gasteiger partial charge on any atom is 0.170 e. The second kappa shape index (κ2) is 9.11. The molecule has 0 amide bonds. The van der Waals surface area contributed by atoms with Gasteiger partial charge in [0.25, 0.3) is 0 Å². The Hall–Kier alpha value is -1.13. The number of ether oxygens (including phenoxy) is 1. The lowest BCUT2D eigenvalue weighted by Crippen LogP contribution is -2.02. The van der Waals surface area contributed by atoms with Gasteiger partial charge in [-0.05, 0) is 6.42 Å². The average molecular weight is 349 g/mol. The third-order valence-electron chi connectivity index (χ3n) is 3.53. The van der Waals surface area contributed by atoms with E-state index in [2.05, 4.69) is 6.92 Å². The molecule has 0 radical (unpaired) electrons. The molecule has 1 aromatic rings. The van der Waals surface area contributed by atoms with E-state index in [1.165, 1.54) is 20.0 Å². The number of carbonyl (C=O) groups is 1. The molecule has 0 fully saturated rings. The predicted octanol–water partition coefficient (Wildman–Crippen LogP) is 5.35. The second-order valence-electron chi connectivity index (χ2n) is 5.17. The molecule has 0 heterocycles. The van der Waals surface area contributed by atoms with E-state index in [1.54, 1.807) is 0 Å². The van der Waals surface area contributed by atoms with Gasteiger partial charge in [0.05, 0.1) is 7.11 Å². The quantitative estimate of drug-likeness (QED) is 0.466. The number of hydrogen-bond donors (Lipinski definition) is 2. The summed E-state index contributed by atoms with van der Waals surface area (Å²) >= 11 is 11.8. The number of halogens is 2. The van der Waals surface area contributed by atoms with Gasteiger partial charge in [-0.2, -0.15) is 0 Å². The lowest BCUT2D eigenvalue weighted by Gasteiger charge is -2.13. The van der Waals surface area contributed by atoms with Crippen molar-refractivity contribution in [3.63, 3.8) is 0 Å². The molecule has 0 unspecified atom stereocenters. The third kappa shape index (κ3) is 4.43. The highest BCUT2D eigenvalue weighted by atomic mass is 35.5. The number of ketones is 1. The molecule has 0 aliphatic carbocycles. The van der Waals surface area contributed by atoms with Crippen LogP contribution in [0.5, 0.6) is 17.2 Å². The highest BCUT2D eigenvalue weighted by Gasteiger charge is 2.26. The van der Waals surface area contributed by atoms with Gasteiger partial charge in [0.15, 0.2) is 23.0 Å². The van der Waals surface area contributed by atoms with Crippen LogP contribution < -0.4 is 4.74 Å². The first-order chi connectivity index (χ1) is 10.5. The first-order valence-electron chi connectivity index (χ1n) is 7.45. The van der Waals surface area contributed by atoms with Crippen LogP contribution in [0.3, 0.4) is 0 Å². The summed E-state index contributed by atoms with van der Waals surface area (Å²) in [5.74, 6) is -1.40. The summed E-state index contributed by atoms with van der Waals surface area (Å²) in [6, 6.07) is 0. The molecule has 0 saturated heterocycles. The zero-order valence-corrected chi connectivity index (χ0v) is 14.4. The number of benzene rings is 1. The van der Waals surface area contributed by atoms with Gasteiger partial charge in [0.1, 0.15) is 15.6 Å². The van der Waals surface area contributed by atoms with Crippen molar-refractivity contribution in [2.24, 2.45) is 0 Å². The first kappa shape index (κ1) is 18.9. The summed E-state index contributed by atoms with van der Waals surface area (Å²) in [6.07, 6.45) is 6.45. The normalized spacial score (nSPS) is 10.7. The van der Waals surface area contributed by atoms with Crippen molar-refractivity contribution in [3.05, 3.63) is 15.6 Å². The van der Waals surface area contributed by atoms with Gasteiger partial charge in [-0.3, -0.25) is 4.79 Å². The van der Waals surface area contributed by atoms with Crippen molar-refractivity contribution in [3.8, 4) is 17.2 Å². The molecule has 0 aromatic heterocycles. The number of rotatable bonds is 9. The SMILES string of the molecule is CCCCCCCCC(=O)c1c(O)c(Cl)c(OC)c(Cl)c1O. The summed E-state index contributed by atoms with van der Waals surface area (Å²) in [6.45, 7) is 2.15.